The minimum atomic E-state index is 1.01. The van der Waals surface area contributed by atoms with E-state index in [9.17, 15) is 0 Å². The predicted molar refractivity (Wildman–Crippen MR) is 70.9 cm³/mol. The van der Waals surface area contributed by atoms with Gasteiger partial charge >= 0.3 is 0 Å². The maximum Gasteiger partial charge on any atom is 0.0382 e. The molecule has 0 saturated carbocycles. The van der Waals surface area contributed by atoms with E-state index in [0.29, 0.717) is 0 Å². The molecule has 90 valence electrons. The standard InChI is InChI=1S/C14H29N/c1-3-5-6-7-8-9-10-11-12-14-15-13-4-2/h14H,3-13H2,1-2H3. The molecule has 0 spiro atoms. The summed E-state index contributed by atoms with van der Waals surface area (Å²) in [6.45, 7) is 5.46. The van der Waals surface area contributed by atoms with Gasteiger partial charge in [0.05, 0.1) is 0 Å². The van der Waals surface area contributed by atoms with Crippen LogP contribution < -0.4 is 0 Å². The Hall–Kier alpha value is -0.330. The number of nitrogens with zero attached hydrogens (tertiary/aromatic N) is 1. The van der Waals surface area contributed by atoms with Crippen LogP contribution in [0.5, 0.6) is 0 Å². The van der Waals surface area contributed by atoms with Gasteiger partial charge in [-0.2, -0.15) is 0 Å². The third-order valence-electron chi connectivity index (χ3n) is 2.67. The minimum absolute atomic E-state index is 1.01. The van der Waals surface area contributed by atoms with Crippen molar-refractivity contribution < 1.29 is 0 Å². The second-order valence-electron chi connectivity index (χ2n) is 4.35. The molecule has 0 radical (unpaired) electrons. The van der Waals surface area contributed by atoms with Gasteiger partial charge in [0.15, 0.2) is 0 Å². The van der Waals surface area contributed by atoms with E-state index in [1.807, 2.05) is 0 Å². The summed E-state index contributed by atoms with van der Waals surface area (Å²) >= 11 is 0. The maximum atomic E-state index is 4.32. The van der Waals surface area contributed by atoms with E-state index >= 15 is 0 Å². The van der Waals surface area contributed by atoms with E-state index in [1.165, 1.54) is 64.2 Å². The fourth-order valence-corrected chi connectivity index (χ4v) is 1.68. The molecule has 0 fully saturated rings. The zero-order valence-corrected chi connectivity index (χ0v) is 10.8. The molecule has 0 atom stereocenters. The SMILES string of the molecule is CCCCCCCCCCC=NCCC. The Morgan fingerprint density at radius 3 is 1.93 bits per heavy atom. The van der Waals surface area contributed by atoms with Gasteiger partial charge in [0.25, 0.3) is 0 Å². The summed E-state index contributed by atoms with van der Waals surface area (Å²) in [6, 6.07) is 0. The summed E-state index contributed by atoms with van der Waals surface area (Å²) in [7, 11) is 0. The lowest BCUT2D eigenvalue weighted by atomic mass is 10.1. The van der Waals surface area contributed by atoms with Crippen molar-refractivity contribution in [1.29, 1.82) is 0 Å². The van der Waals surface area contributed by atoms with Crippen LogP contribution in [0.25, 0.3) is 0 Å². The average Bonchev–Trinajstić information content (AvgIpc) is 2.26. The van der Waals surface area contributed by atoms with Crippen LogP contribution in [0.3, 0.4) is 0 Å². The average molecular weight is 211 g/mol. The second-order valence-corrected chi connectivity index (χ2v) is 4.35. The highest BCUT2D eigenvalue weighted by Crippen LogP contribution is 2.08. The molecule has 1 nitrogen and oxygen atoms in total. The first kappa shape index (κ1) is 14.7. The van der Waals surface area contributed by atoms with Crippen LogP contribution in [-0.2, 0) is 0 Å². The van der Waals surface area contributed by atoms with E-state index in [-0.39, 0.29) is 0 Å². The first-order valence-electron chi connectivity index (χ1n) is 6.90. The molecule has 0 saturated heterocycles. The van der Waals surface area contributed by atoms with Gasteiger partial charge in [-0.3, -0.25) is 4.99 Å². The van der Waals surface area contributed by atoms with Crippen molar-refractivity contribution in [2.24, 2.45) is 4.99 Å². The molecule has 0 bridgehead atoms. The summed E-state index contributed by atoms with van der Waals surface area (Å²) in [4.78, 5) is 4.32. The van der Waals surface area contributed by atoms with Crippen molar-refractivity contribution in [2.45, 2.75) is 78.1 Å². The molecule has 0 N–H and O–H groups in total. The predicted octanol–water partition coefficient (Wildman–Crippen LogP) is 5.00. The lowest BCUT2D eigenvalue weighted by molar-refractivity contribution is 0.580. The van der Waals surface area contributed by atoms with Crippen molar-refractivity contribution in [1.82, 2.24) is 0 Å². The van der Waals surface area contributed by atoms with Crippen LogP contribution in [0.2, 0.25) is 0 Å². The molecule has 0 aliphatic heterocycles. The number of aliphatic imine (C=N–C) groups is 1. The number of hydrogen-bond donors (Lipinski definition) is 0. The Kier molecular flexibility index (Phi) is 13.4. The van der Waals surface area contributed by atoms with Gasteiger partial charge in [0.2, 0.25) is 0 Å². The van der Waals surface area contributed by atoms with E-state index < -0.39 is 0 Å². The monoisotopic (exact) mass is 211 g/mol. The summed E-state index contributed by atoms with van der Waals surface area (Å²) in [5, 5.41) is 0. The highest BCUT2D eigenvalue weighted by atomic mass is 14.7. The van der Waals surface area contributed by atoms with Crippen LogP contribution in [-0.4, -0.2) is 12.8 Å². The Balaban J connectivity index is 2.92. The highest BCUT2D eigenvalue weighted by Gasteiger charge is 1.90. The molecule has 0 aromatic heterocycles. The number of unbranched alkanes of at least 4 members (excludes halogenated alkanes) is 8. The third-order valence-corrected chi connectivity index (χ3v) is 2.67. The van der Waals surface area contributed by atoms with Crippen LogP contribution >= 0.6 is 0 Å². The second kappa shape index (κ2) is 13.7. The van der Waals surface area contributed by atoms with E-state index in [0.717, 1.165) is 6.54 Å². The Labute approximate surface area is 96.4 Å². The van der Waals surface area contributed by atoms with Gasteiger partial charge in [0.1, 0.15) is 0 Å². The molecule has 0 amide bonds. The normalized spacial score (nSPS) is 11.3. The van der Waals surface area contributed by atoms with Crippen molar-refractivity contribution in [2.75, 3.05) is 6.54 Å². The van der Waals surface area contributed by atoms with Crippen molar-refractivity contribution in [3.8, 4) is 0 Å². The smallest absolute Gasteiger partial charge is 0.0382 e. The molecule has 0 heterocycles. The van der Waals surface area contributed by atoms with Crippen LogP contribution in [0, 0.1) is 0 Å². The fraction of sp³-hybridized carbons (Fsp3) is 0.929. The summed E-state index contributed by atoms with van der Waals surface area (Å²) in [6.07, 6.45) is 15.7. The molecule has 0 unspecified atom stereocenters. The molecule has 1 heteroatoms. The third kappa shape index (κ3) is 13.7. The summed E-state index contributed by atoms with van der Waals surface area (Å²) in [5.41, 5.74) is 0. The molecular weight excluding hydrogens is 182 g/mol. The molecule has 0 aliphatic rings. The van der Waals surface area contributed by atoms with Gasteiger partial charge < -0.3 is 0 Å². The first-order chi connectivity index (χ1) is 7.41. The Bertz CT molecular complexity index is 129. The number of rotatable bonds is 11. The highest BCUT2D eigenvalue weighted by molar-refractivity contribution is 5.56. The van der Waals surface area contributed by atoms with E-state index in [4.69, 9.17) is 0 Å². The van der Waals surface area contributed by atoms with Gasteiger partial charge in [-0.15, -0.1) is 0 Å². The van der Waals surface area contributed by atoms with Crippen LogP contribution in [0.4, 0.5) is 0 Å². The van der Waals surface area contributed by atoms with Gasteiger partial charge in [-0.1, -0.05) is 58.8 Å². The topological polar surface area (TPSA) is 12.4 Å². The van der Waals surface area contributed by atoms with Crippen molar-refractivity contribution in [3.05, 3.63) is 0 Å². The van der Waals surface area contributed by atoms with Crippen LogP contribution in [0.1, 0.15) is 78.1 Å². The summed E-state index contributed by atoms with van der Waals surface area (Å²) in [5.74, 6) is 0. The first-order valence-corrected chi connectivity index (χ1v) is 6.90. The molecule has 15 heavy (non-hydrogen) atoms. The zero-order valence-electron chi connectivity index (χ0n) is 10.8. The fourth-order valence-electron chi connectivity index (χ4n) is 1.68. The van der Waals surface area contributed by atoms with E-state index in [2.05, 4.69) is 25.1 Å². The molecule has 0 aromatic rings. The maximum absolute atomic E-state index is 4.32. The van der Waals surface area contributed by atoms with E-state index in [1.54, 1.807) is 0 Å². The molecule has 0 aromatic carbocycles. The van der Waals surface area contributed by atoms with Crippen LogP contribution in [0.15, 0.2) is 4.99 Å². The summed E-state index contributed by atoms with van der Waals surface area (Å²) < 4.78 is 0. The largest absolute Gasteiger partial charge is 0.298 e. The minimum Gasteiger partial charge on any atom is -0.298 e. The zero-order chi connectivity index (χ0) is 11.2. The molecule has 0 rings (SSSR count). The van der Waals surface area contributed by atoms with Gasteiger partial charge in [-0.25, -0.2) is 0 Å². The Morgan fingerprint density at radius 1 is 0.733 bits per heavy atom. The lowest BCUT2D eigenvalue weighted by Gasteiger charge is -1.99. The Morgan fingerprint density at radius 2 is 1.33 bits per heavy atom. The van der Waals surface area contributed by atoms with Crippen molar-refractivity contribution >= 4 is 6.21 Å². The molecular formula is C14H29N. The van der Waals surface area contributed by atoms with Crippen molar-refractivity contribution in [3.63, 3.8) is 0 Å². The lowest BCUT2D eigenvalue weighted by Crippen LogP contribution is -1.83. The van der Waals surface area contributed by atoms with Gasteiger partial charge in [0, 0.05) is 6.54 Å². The van der Waals surface area contributed by atoms with Gasteiger partial charge in [-0.05, 0) is 25.5 Å². The number of hydrogen-bond acceptors (Lipinski definition) is 1. The quantitative estimate of drug-likeness (QED) is 0.337. The molecule has 0 aliphatic carbocycles.